The zero-order valence-electron chi connectivity index (χ0n) is 7.62. The molecular formula is C9H12FNO2. The van der Waals surface area contributed by atoms with Gasteiger partial charge in [0.25, 0.3) is 0 Å². The summed E-state index contributed by atoms with van der Waals surface area (Å²) in [4.78, 5) is 14.4. The molecule has 0 aromatic carbocycles. The Morgan fingerprint density at radius 3 is 2.85 bits per heavy atom. The Bertz CT molecular complexity index is 276. The summed E-state index contributed by atoms with van der Waals surface area (Å²) in [6, 6.07) is 0. The lowest BCUT2D eigenvalue weighted by molar-refractivity contribution is -0.139. The van der Waals surface area contributed by atoms with Crippen LogP contribution in [0.1, 0.15) is 20.3 Å². The van der Waals surface area contributed by atoms with Crippen molar-refractivity contribution >= 4 is 12.2 Å². The van der Waals surface area contributed by atoms with Crippen molar-refractivity contribution < 1.29 is 14.3 Å². The molecule has 0 spiro atoms. The van der Waals surface area contributed by atoms with Crippen LogP contribution in [0.3, 0.4) is 0 Å². The van der Waals surface area contributed by atoms with Gasteiger partial charge in [0.1, 0.15) is 5.67 Å². The molecule has 0 fully saturated rings. The van der Waals surface area contributed by atoms with Crippen molar-refractivity contribution in [2.24, 2.45) is 10.9 Å². The van der Waals surface area contributed by atoms with Crippen molar-refractivity contribution in [3.63, 3.8) is 0 Å². The van der Waals surface area contributed by atoms with Gasteiger partial charge < -0.3 is 5.11 Å². The smallest absolute Gasteiger partial charge is 0.310 e. The second-order valence-corrected chi connectivity index (χ2v) is 3.52. The highest BCUT2D eigenvalue weighted by Crippen LogP contribution is 2.26. The van der Waals surface area contributed by atoms with E-state index < -0.39 is 17.6 Å². The van der Waals surface area contributed by atoms with Crippen molar-refractivity contribution in [3.05, 3.63) is 11.8 Å². The molecule has 0 amide bonds. The van der Waals surface area contributed by atoms with Crippen molar-refractivity contribution in [2.75, 3.05) is 0 Å². The van der Waals surface area contributed by atoms with Crippen LogP contribution < -0.4 is 0 Å². The summed E-state index contributed by atoms with van der Waals surface area (Å²) in [7, 11) is 0. The first kappa shape index (κ1) is 9.89. The normalized spacial score (nSPS) is 22.7. The summed E-state index contributed by atoms with van der Waals surface area (Å²) in [5.74, 6) is -1.57. The third kappa shape index (κ3) is 2.37. The zero-order chi connectivity index (χ0) is 10.1. The van der Waals surface area contributed by atoms with Crippen molar-refractivity contribution in [1.82, 2.24) is 0 Å². The summed E-state index contributed by atoms with van der Waals surface area (Å²) in [6.45, 7) is 2.72. The number of carboxylic acids is 1. The van der Waals surface area contributed by atoms with Crippen LogP contribution in [0.2, 0.25) is 0 Å². The number of rotatable bonds is 2. The van der Waals surface area contributed by atoms with E-state index in [1.165, 1.54) is 26.1 Å². The van der Waals surface area contributed by atoms with Gasteiger partial charge in [-0.3, -0.25) is 9.79 Å². The monoisotopic (exact) mass is 185 g/mol. The van der Waals surface area contributed by atoms with E-state index in [-0.39, 0.29) is 5.70 Å². The first-order valence-electron chi connectivity index (χ1n) is 4.08. The molecule has 0 saturated heterocycles. The van der Waals surface area contributed by atoms with Crippen LogP contribution in [0.25, 0.3) is 0 Å². The summed E-state index contributed by atoms with van der Waals surface area (Å²) < 4.78 is 13.3. The third-order valence-electron chi connectivity index (χ3n) is 1.88. The standard InChI is InChI=1S/C9H12FNO2/c1-9(2,10)7-5-6(8(12)13)3-4-11-7/h4-6H,3H2,1-2H3,(H,12,13). The minimum atomic E-state index is -1.56. The van der Waals surface area contributed by atoms with Gasteiger partial charge in [0.05, 0.1) is 11.6 Å². The lowest BCUT2D eigenvalue weighted by atomic mass is 9.97. The topological polar surface area (TPSA) is 49.7 Å². The maximum absolute atomic E-state index is 13.3. The molecule has 0 aromatic rings. The van der Waals surface area contributed by atoms with Crippen LogP contribution in [-0.2, 0) is 4.79 Å². The SMILES string of the molecule is CC(C)(F)C1=CC(C(=O)O)CC=N1. The average Bonchev–Trinajstić information content (AvgIpc) is 2.03. The number of carboxylic acid groups (broad SMARTS) is 1. The summed E-state index contributed by atoms with van der Waals surface area (Å²) in [5, 5.41) is 8.69. The lowest BCUT2D eigenvalue weighted by Gasteiger charge is -2.19. The van der Waals surface area contributed by atoms with Crippen molar-refractivity contribution in [3.8, 4) is 0 Å². The number of nitrogens with zero attached hydrogens (tertiary/aromatic N) is 1. The van der Waals surface area contributed by atoms with Gasteiger partial charge in [-0.25, -0.2) is 4.39 Å². The molecule has 0 radical (unpaired) electrons. The highest BCUT2D eigenvalue weighted by Gasteiger charge is 2.27. The van der Waals surface area contributed by atoms with Crippen LogP contribution in [0.15, 0.2) is 16.8 Å². The Hall–Kier alpha value is -1.19. The number of allylic oxidation sites excluding steroid dienone is 1. The molecule has 1 atom stereocenters. The van der Waals surface area contributed by atoms with Gasteiger partial charge in [0.2, 0.25) is 0 Å². The maximum Gasteiger partial charge on any atom is 0.310 e. The van der Waals surface area contributed by atoms with Crippen LogP contribution in [0, 0.1) is 5.92 Å². The van der Waals surface area contributed by atoms with Gasteiger partial charge in [-0.05, 0) is 26.3 Å². The fourth-order valence-electron chi connectivity index (χ4n) is 1.09. The number of carbonyl (C=O) groups is 1. The van der Waals surface area contributed by atoms with Gasteiger partial charge in [0.15, 0.2) is 0 Å². The Kier molecular flexibility index (Phi) is 2.50. The molecule has 4 heteroatoms. The van der Waals surface area contributed by atoms with Gasteiger partial charge >= 0.3 is 5.97 Å². The van der Waals surface area contributed by atoms with E-state index in [1.807, 2.05) is 0 Å². The molecule has 0 saturated carbocycles. The first-order chi connectivity index (χ1) is 5.91. The second-order valence-electron chi connectivity index (χ2n) is 3.52. The summed E-state index contributed by atoms with van der Waals surface area (Å²) in [5.41, 5.74) is -1.36. The minimum Gasteiger partial charge on any atom is -0.481 e. The quantitative estimate of drug-likeness (QED) is 0.713. The van der Waals surface area contributed by atoms with Crippen molar-refractivity contribution in [2.45, 2.75) is 25.9 Å². The maximum atomic E-state index is 13.3. The number of alkyl halides is 1. The molecule has 1 rings (SSSR count). The Labute approximate surface area is 76.0 Å². The van der Waals surface area contributed by atoms with Crippen LogP contribution >= 0.6 is 0 Å². The van der Waals surface area contributed by atoms with Crippen LogP contribution in [-0.4, -0.2) is 23.0 Å². The summed E-state index contributed by atoms with van der Waals surface area (Å²) in [6.07, 6.45) is 3.17. The Morgan fingerprint density at radius 1 is 1.77 bits per heavy atom. The minimum absolute atomic E-state index is 0.200. The van der Waals surface area contributed by atoms with Gasteiger partial charge in [0, 0.05) is 6.21 Å². The van der Waals surface area contributed by atoms with E-state index in [0.29, 0.717) is 6.42 Å². The van der Waals surface area contributed by atoms with Crippen molar-refractivity contribution in [1.29, 1.82) is 0 Å². The van der Waals surface area contributed by atoms with Gasteiger partial charge in [-0.2, -0.15) is 0 Å². The first-order valence-corrected chi connectivity index (χ1v) is 4.08. The molecule has 0 aliphatic carbocycles. The number of halogens is 1. The van der Waals surface area contributed by atoms with E-state index in [0.717, 1.165) is 0 Å². The Balaban J connectivity index is 2.87. The number of aliphatic imine (C=N–C) groups is 1. The van der Waals surface area contributed by atoms with E-state index in [2.05, 4.69) is 4.99 Å². The molecule has 1 aliphatic heterocycles. The predicted molar refractivity (Wildman–Crippen MR) is 47.5 cm³/mol. The number of hydrogen-bond acceptors (Lipinski definition) is 2. The van der Waals surface area contributed by atoms with Gasteiger partial charge in [-0.1, -0.05) is 0 Å². The molecule has 1 unspecified atom stereocenters. The fourth-order valence-corrected chi connectivity index (χ4v) is 1.09. The number of hydrogen-bond donors (Lipinski definition) is 1. The number of aliphatic carboxylic acids is 1. The lowest BCUT2D eigenvalue weighted by Crippen LogP contribution is -2.22. The zero-order valence-corrected chi connectivity index (χ0v) is 7.62. The molecule has 0 bridgehead atoms. The molecule has 3 nitrogen and oxygen atoms in total. The van der Waals surface area contributed by atoms with E-state index in [9.17, 15) is 9.18 Å². The van der Waals surface area contributed by atoms with Gasteiger partial charge in [-0.15, -0.1) is 0 Å². The van der Waals surface area contributed by atoms with E-state index in [1.54, 1.807) is 0 Å². The molecule has 1 heterocycles. The van der Waals surface area contributed by atoms with Crippen LogP contribution in [0.5, 0.6) is 0 Å². The highest BCUT2D eigenvalue weighted by molar-refractivity contribution is 5.78. The molecule has 0 aromatic heterocycles. The van der Waals surface area contributed by atoms with E-state index >= 15 is 0 Å². The van der Waals surface area contributed by atoms with Crippen LogP contribution in [0.4, 0.5) is 4.39 Å². The van der Waals surface area contributed by atoms with E-state index in [4.69, 9.17) is 5.11 Å². The third-order valence-corrected chi connectivity index (χ3v) is 1.88. The summed E-state index contributed by atoms with van der Waals surface area (Å²) >= 11 is 0. The fraction of sp³-hybridized carbons (Fsp3) is 0.556. The Morgan fingerprint density at radius 2 is 2.38 bits per heavy atom. The predicted octanol–water partition coefficient (Wildman–Crippen LogP) is 1.79. The molecule has 13 heavy (non-hydrogen) atoms. The molecule has 1 aliphatic rings. The average molecular weight is 185 g/mol. The molecule has 1 N–H and O–H groups in total. The largest absolute Gasteiger partial charge is 0.481 e. The second kappa shape index (κ2) is 3.28. The molecule has 72 valence electrons. The molecular weight excluding hydrogens is 173 g/mol. The highest BCUT2D eigenvalue weighted by atomic mass is 19.1.